The van der Waals surface area contributed by atoms with E-state index in [2.05, 4.69) is 5.32 Å². The quantitative estimate of drug-likeness (QED) is 0.418. The molecule has 120 valence electrons. The van der Waals surface area contributed by atoms with Gasteiger partial charge in [0.15, 0.2) is 0 Å². The van der Waals surface area contributed by atoms with Crippen molar-refractivity contribution in [2.75, 3.05) is 26.4 Å². The standard InChI is InChI=1S/C14H31NO4Si/c1-6-17-20(18-7-2,19-8-3)11-9-10-15-13(4)12-14(5)16/h13,15H,6-12H2,1-5H3. The van der Waals surface area contributed by atoms with Gasteiger partial charge in [-0.15, -0.1) is 0 Å². The third-order valence-corrected chi connectivity index (χ3v) is 5.99. The smallest absolute Gasteiger partial charge is 0.374 e. The molecule has 1 N–H and O–H groups in total. The molecule has 0 aliphatic carbocycles. The topological polar surface area (TPSA) is 56.8 Å². The first-order valence-electron chi connectivity index (χ1n) is 7.64. The predicted octanol–water partition coefficient (Wildman–Crippen LogP) is 2.38. The summed E-state index contributed by atoms with van der Waals surface area (Å²) in [6.45, 7) is 12.2. The van der Waals surface area contributed by atoms with Crippen LogP contribution in [0.1, 0.15) is 47.5 Å². The monoisotopic (exact) mass is 305 g/mol. The van der Waals surface area contributed by atoms with E-state index in [1.165, 1.54) is 0 Å². The van der Waals surface area contributed by atoms with E-state index in [0.717, 1.165) is 19.0 Å². The molecule has 1 unspecified atom stereocenters. The summed E-state index contributed by atoms with van der Waals surface area (Å²) in [6.07, 6.45) is 1.50. The molecule has 0 aromatic heterocycles. The third kappa shape index (κ3) is 8.81. The molecule has 0 fully saturated rings. The van der Waals surface area contributed by atoms with Crippen molar-refractivity contribution in [3.05, 3.63) is 0 Å². The van der Waals surface area contributed by atoms with Gasteiger partial charge in [0.1, 0.15) is 5.78 Å². The predicted molar refractivity (Wildman–Crippen MR) is 82.8 cm³/mol. The average Bonchev–Trinajstić information content (AvgIpc) is 2.35. The molecule has 0 aromatic carbocycles. The Bertz CT molecular complexity index is 247. The van der Waals surface area contributed by atoms with E-state index in [1.54, 1.807) is 6.92 Å². The van der Waals surface area contributed by atoms with Gasteiger partial charge in [-0.1, -0.05) is 0 Å². The first kappa shape index (κ1) is 19.7. The number of carbonyl (C=O) groups excluding carboxylic acids is 1. The Hall–Kier alpha value is -0.273. The summed E-state index contributed by atoms with van der Waals surface area (Å²) in [5.74, 6) is 0.215. The lowest BCUT2D eigenvalue weighted by Gasteiger charge is -2.28. The molecule has 1 atom stereocenters. The van der Waals surface area contributed by atoms with Crippen LogP contribution in [-0.4, -0.2) is 47.0 Å². The summed E-state index contributed by atoms with van der Waals surface area (Å²) in [5.41, 5.74) is 0. The molecule has 0 spiro atoms. The highest BCUT2D eigenvalue weighted by Gasteiger charge is 2.39. The summed E-state index contributed by atoms with van der Waals surface area (Å²) >= 11 is 0. The van der Waals surface area contributed by atoms with Gasteiger partial charge in [0.2, 0.25) is 0 Å². The van der Waals surface area contributed by atoms with Crippen molar-refractivity contribution < 1.29 is 18.1 Å². The molecule has 0 saturated heterocycles. The van der Waals surface area contributed by atoms with Crippen LogP contribution in [-0.2, 0) is 18.1 Å². The Kier molecular flexibility index (Phi) is 11.2. The van der Waals surface area contributed by atoms with E-state index in [1.807, 2.05) is 27.7 Å². The van der Waals surface area contributed by atoms with E-state index in [-0.39, 0.29) is 11.8 Å². The van der Waals surface area contributed by atoms with E-state index >= 15 is 0 Å². The van der Waals surface area contributed by atoms with Crippen molar-refractivity contribution in [2.45, 2.75) is 59.5 Å². The highest BCUT2D eigenvalue weighted by atomic mass is 28.4. The van der Waals surface area contributed by atoms with Crippen molar-refractivity contribution in [3.8, 4) is 0 Å². The number of hydrogen-bond acceptors (Lipinski definition) is 5. The number of ketones is 1. The third-order valence-electron chi connectivity index (χ3n) is 2.84. The van der Waals surface area contributed by atoms with Gasteiger partial charge in [-0.2, -0.15) is 0 Å². The van der Waals surface area contributed by atoms with Crippen molar-refractivity contribution in [1.29, 1.82) is 0 Å². The van der Waals surface area contributed by atoms with Crippen molar-refractivity contribution in [3.63, 3.8) is 0 Å². The molecule has 0 aliphatic rings. The van der Waals surface area contributed by atoms with Gasteiger partial charge in [-0.25, -0.2) is 0 Å². The molecule has 0 aliphatic heterocycles. The zero-order valence-electron chi connectivity index (χ0n) is 13.7. The van der Waals surface area contributed by atoms with Gasteiger partial charge in [0.25, 0.3) is 0 Å². The second kappa shape index (κ2) is 11.4. The molecule has 5 nitrogen and oxygen atoms in total. The van der Waals surface area contributed by atoms with Crippen LogP contribution in [0.4, 0.5) is 0 Å². The van der Waals surface area contributed by atoms with Gasteiger partial charge in [0, 0.05) is 38.3 Å². The van der Waals surface area contributed by atoms with Crippen LogP contribution < -0.4 is 5.32 Å². The fraction of sp³-hybridized carbons (Fsp3) is 0.929. The molecule has 0 radical (unpaired) electrons. The molecule has 0 saturated carbocycles. The van der Waals surface area contributed by atoms with E-state index in [0.29, 0.717) is 26.2 Å². The molecule has 0 aromatic rings. The fourth-order valence-corrected chi connectivity index (χ4v) is 4.77. The van der Waals surface area contributed by atoms with Crippen LogP contribution in [0.15, 0.2) is 0 Å². The average molecular weight is 305 g/mol. The van der Waals surface area contributed by atoms with Gasteiger partial charge in [0.05, 0.1) is 0 Å². The van der Waals surface area contributed by atoms with Crippen molar-refractivity contribution in [1.82, 2.24) is 5.32 Å². The molecule has 20 heavy (non-hydrogen) atoms. The molecular formula is C14H31NO4Si. The lowest BCUT2D eigenvalue weighted by molar-refractivity contribution is -0.117. The van der Waals surface area contributed by atoms with Gasteiger partial charge in [-0.05, 0) is 47.6 Å². The van der Waals surface area contributed by atoms with Crippen LogP contribution >= 0.6 is 0 Å². The fourth-order valence-electron chi connectivity index (χ4n) is 2.16. The number of nitrogens with one attached hydrogen (secondary N) is 1. The molecule has 0 bridgehead atoms. The first-order valence-corrected chi connectivity index (χ1v) is 9.57. The zero-order chi connectivity index (χ0) is 15.4. The van der Waals surface area contributed by atoms with Crippen LogP contribution in [0.5, 0.6) is 0 Å². The maximum Gasteiger partial charge on any atom is 0.500 e. The minimum absolute atomic E-state index is 0.215. The summed E-state index contributed by atoms with van der Waals surface area (Å²) in [5, 5.41) is 3.35. The molecule has 0 amide bonds. The number of rotatable bonds is 13. The summed E-state index contributed by atoms with van der Waals surface area (Å²) in [4.78, 5) is 11.0. The largest absolute Gasteiger partial charge is 0.500 e. The van der Waals surface area contributed by atoms with Crippen LogP contribution in [0.3, 0.4) is 0 Å². The Balaban J connectivity index is 4.14. The zero-order valence-corrected chi connectivity index (χ0v) is 14.7. The summed E-state index contributed by atoms with van der Waals surface area (Å²) < 4.78 is 17.4. The summed E-state index contributed by atoms with van der Waals surface area (Å²) in [6, 6.07) is 1.03. The lowest BCUT2D eigenvalue weighted by Crippen LogP contribution is -2.46. The van der Waals surface area contributed by atoms with Crippen LogP contribution in [0, 0.1) is 0 Å². The van der Waals surface area contributed by atoms with Gasteiger partial charge >= 0.3 is 8.80 Å². The Morgan fingerprint density at radius 1 is 1.10 bits per heavy atom. The Labute approximate surface area is 124 Å². The minimum atomic E-state index is -2.51. The maximum absolute atomic E-state index is 11.0. The van der Waals surface area contributed by atoms with E-state index < -0.39 is 8.80 Å². The van der Waals surface area contributed by atoms with Crippen LogP contribution in [0.25, 0.3) is 0 Å². The molecular weight excluding hydrogens is 274 g/mol. The number of hydrogen-bond donors (Lipinski definition) is 1. The van der Waals surface area contributed by atoms with Crippen molar-refractivity contribution in [2.24, 2.45) is 0 Å². The second-order valence-electron chi connectivity index (χ2n) is 4.85. The van der Waals surface area contributed by atoms with Gasteiger partial charge in [-0.3, -0.25) is 4.79 Å². The van der Waals surface area contributed by atoms with Crippen LogP contribution in [0.2, 0.25) is 6.04 Å². The first-order chi connectivity index (χ1) is 9.49. The Morgan fingerprint density at radius 2 is 1.60 bits per heavy atom. The highest BCUT2D eigenvalue weighted by molar-refractivity contribution is 6.60. The molecule has 6 heteroatoms. The normalized spacial score (nSPS) is 13.4. The second-order valence-corrected chi connectivity index (χ2v) is 7.58. The number of Topliss-reactive ketones (excluding diaryl/α,β-unsaturated/α-hetero) is 1. The van der Waals surface area contributed by atoms with Gasteiger partial charge < -0.3 is 18.6 Å². The maximum atomic E-state index is 11.0. The van der Waals surface area contributed by atoms with Crippen molar-refractivity contribution >= 4 is 14.6 Å². The highest BCUT2D eigenvalue weighted by Crippen LogP contribution is 2.17. The van der Waals surface area contributed by atoms with E-state index in [9.17, 15) is 4.79 Å². The van der Waals surface area contributed by atoms with E-state index in [4.69, 9.17) is 13.3 Å². The minimum Gasteiger partial charge on any atom is -0.374 e. The molecule has 0 heterocycles. The SMILES string of the molecule is CCO[Si](CCCNC(C)CC(C)=O)(OCC)OCC. The lowest BCUT2D eigenvalue weighted by atomic mass is 10.2. The number of carbonyl (C=O) groups is 1. The Morgan fingerprint density at radius 3 is 2.00 bits per heavy atom. The summed E-state index contributed by atoms with van der Waals surface area (Å²) in [7, 11) is -2.51. The molecule has 0 rings (SSSR count).